The van der Waals surface area contributed by atoms with Gasteiger partial charge in [0.1, 0.15) is 5.75 Å². The summed E-state index contributed by atoms with van der Waals surface area (Å²) in [5, 5.41) is 3.86. The van der Waals surface area contributed by atoms with Crippen LogP contribution in [0, 0.1) is 0 Å². The zero-order valence-electron chi connectivity index (χ0n) is 11.0. The SMILES string of the molecule is Brc1ccc2c(c1)OCCCC2NC1CCCSC1. The standard InChI is InChI=1S/C15H20BrNOS/c16-11-5-6-13-14(4-1-7-18-15(13)9-11)17-12-3-2-8-19-10-12/h5-6,9,12,14,17H,1-4,7-8,10H2. The van der Waals surface area contributed by atoms with E-state index in [2.05, 4.69) is 51.2 Å². The summed E-state index contributed by atoms with van der Waals surface area (Å²) in [6, 6.07) is 7.55. The molecule has 0 spiro atoms. The summed E-state index contributed by atoms with van der Waals surface area (Å²) in [7, 11) is 0. The van der Waals surface area contributed by atoms with Crippen molar-refractivity contribution in [2.24, 2.45) is 0 Å². The fourth-order valence-electron chi connectivity index (χ4n) is 2.88. The number of halogens is 1. The van der Waals surface area contributed by atoms with Crippen LogP contribution in [0.15, 0.2) is 22.7 Å². The molecule has 0 radical (unpaired) electrons. The third-order valence-electron chi connectivity index (χ3n) is 3.84. The minimum Gasteiger partial charge on any atom is -0.493 e. The van der Waals surface area contributed by atoms with Gasteiger partial charge in [-0.2, -0.15) is 11.8 Å². The molecule has 19 heavy (non-hydrogen) atoms. The molecule has 1 N–H and O–H groups in total. The molecule has 2 nitrogen and oxygen atoms in total. The lowest BCUT2D eigenvalue weighted by Crippen LogP contribution is -2.36. The molecule has 2 aliphatic rings. The third-order valence-corrected chi connectivity index (χ3v) is 5.55. The highest BCUT2D eigenvalue weighted by Crippen LogP contribution is 2.34. The number of nitrogens with one attached hydrogen (secondary N) is 1. The van der Waals surface area contributed by atoms with Gasteiger partial charge >= 0.3 is 0 Å². The van der Waals surface area contributed by atoms with Crippen LogP contribution in [0.3, 0.4) is 0 Å². The van der Waals surface area contributed by atoms with E-state index in [1.54, 1.807) is 0 Å². The van der Waals surface area contributed by atoms with E-state index in [9.17, 15) is 0 Å². The van der Waals surface area contributed by atoms with Crippen LogP contribution in [0.2, 0.25) is 0 Å². The summed E-state index contributed by atoms with van der Waals surface area (Å²) in [6.07, 6.45) is 4.97. The van der Waals surface area contributed by atoms with Crippen molar-refractivity contribution in [2.75, 3.05) is 18.1 Å². The second-order valence-electron chi connectivity index (χ2n) is 5.31. The van der Waals surface area contributed by atoms with Gasteiger partial charge < -0.3 is 10.1 Å². The van der Waals surface area contributed by atoms with E-state index in [1.165, 1.54) is 36.3 Å². The summed E-state index contributed by atoms with van der Waals surface area (Å²) in [6.45, 7) is 0.834. The van der Waals surface area contributed by atoms with Gasteiger partial charge in [-0.15, -0.1) is 0 Å². The van der Waals surface area contributed by atoms with Crippen molar-refractivity contribution >= 4 is 27.7 Å². The first-order valence-corrected chi connectivity index (χ1v) is 9.04. The van der Waals surface area contributed by atoms with Gasteiger partial charge in [0.25, 0.3) is 0 Å². The van der Waals surface area contributed by atoms with E-state index < -0.39 is 0 Å². The first-order chi connectivity index (χ1) is 9.33. The molecule has 0 aliphatic carbocycles. The van der Waals surface area contributed by atoms with Crippen LogP contribution in [0.1, 0.15) is 37.3 Å². The summed E-state index contributed by atoms with van der Waals surface area (Å²) in [5.41, 5.74) is 1.33. The zero-order valence-corrected chi connectivity index (χ0v) is 13.4. The summed E-state index contributed by atoms with van der Waals surface area (Å²) in [5.74, 6) is 3.63. The fraction of sp³-hybridized carbons (Fsp3) is 0.600. The monoisotopic (exact) mass is 341 g/mol. The predicted molar refractivity (Wildman–Crippen MR) is 85.1 cm³/mol. The molecule has 2 atom stereocenters. The van der Waals surface area contributed by atoms with Crippen molar-refractivity contribution in [3.8, 4) is 5.75 Å². The van der Waals surface area contributed by atoms with Gasteiger partial charge in [0, 0.05) is 27.9 Å². The Morgan fingerprint density at radius 1 is 1.26 bits per heavy atom. The minimum atomic E-state index is 0.453. The van der Waals surface area contributed by atoms with Crippen molar-refractivity contribution in [1.82, 2.24) is 5.32 Å². The maximum Gasteiger partial charge on any atom is 0.125 e. The number of ether oxygens (including phenoxy) is 1. The smallest absolute Gasteiger partial charge is 0.125 e. The summed E-state index contributed by atoms with van der Waals surface area (Å²) in [4.78, 5) is 0. The van der Waals surface area contributed by atoms with Crippen molar-refractivity contribution in [3.63, 3.8) is 0 Å². The summed E-state index contributed by atoms with van der Waals surface area (Å²) >= 11 is 5.61. The highest BCUT2D eigenvalue weighted by Gasteiger charge is 2.23. The first kappa shape index (κ1) is 13.8. The van der Waals surface area contributed by atoms with E-state index >= 15 is 0 Å². The quantitative estimate of drug-likeness (QED) is 0.873. The molecular formula is C15H20BrNOS. The highest BCUT2D eigenvalue weighted by atomic mass is 79.9. The number of benzene rings is 1. The Labute approximate surface area is 127 Å². The van der Waals surface area contributed by atoms with E-state index in [0.717, 1.165) is 23.2 Å². The number of hydrogen-bond donors (Lipinski definition) is 1. The Kier molecular flexibility index (Phi) is 4.72. The van der Waals surface area contributed by atoms with Gasteiger partial charge in [-0.3, -0.25) is 0 Å². The highest BCUT2D eigenvalue weighted by molar-refractivity contribution is 9.10. The second-order valence-corrected chi connectivity index (χ2v) is 7.37. The van der Waals surface area contributed by atoms with Gasteiger partial charge in [0.2, 0.25) is 0 Å². The van der Waals surface area contributed by atoms with Gasteiger partial charge in [-0.25, -0.2) is 0 Å². The third kappa shape index (κ3) is 3.47. The van der Waals surface area contributed by atoms with Gasteiger partial charge in [-0.1, -0.05) is 22.0 Å². The molecule has 2 heterocycles. The first-order valence-electron chi connectivity index (χ1n) is 7.09. The normalized spacial score (nSPS) is 27.2. The molecule has 0 bridgehead atoms. The Bertz CT molecular complexity index is 434. The van der Waals surface area contributed by atoms with Crippen LogP contribution in [0.4, 0.5) is 0 Å². The second kappa shape index (κ2) is 6.51. The minimum absolute atomic E-state index is 0.453. The Hall–Kier alpha value is -0.190. The molecular weight excluding hydrogens is 322 g/mol. The number of hydrogen-bond acceptors (Lipinski definition) is 3. The number of rotatable bonds is 2. The largest absolute Gasteiger partial charge is 0.493 e. The molecule has 0 aromatic heterocycles. The lowest BCUT2D eigenvalue weighted by molar-refractivity contribution is 0.314. The van der Waals surface area contributed by atoms with Gasteiger partial charge in [0.05, 0.1) is 6.61 Å². The molecule has 2 aliphatic heterocycles. The molecule has 3 rings (SSSR count). The van der Waals surface area contributed by atoms with Crippen LogP contribution < -0.4 is 10.1 Å². The van der Waals surface area contributed by atoms with Crippen LogP contribution in [0.5, 0.6) is 5.75 Å². The van der Waals surface area contributed by atoms with E-state index in [4.69, 9.17) is 4.74 Å². The lowest BCUT2D eigenvalue weighted by atomic mass is 10.0. The lowest BCUT2D eigenvalue weighted by Gasteiger charge is -2.28. The average Bonchev–Trinajstić information content (AvgIpc) is 2.62. The van der Waals surface area contributed by atoms with E-state index in [1.807, 2.05) is 0 Å². The van der Waals surface area contributed by atoms with Crippen LogP contribution in [-0.2, 0) is 0 Å². The molecule has 4 heteroatoms. The van der Waals surface area contributed by atoms with Crippen molar-refractivity contribution in [1.29, 1.82) is 0 Å². The molecule has 1 aromatic carbocycles. The zero-order chi connectivity index (χ0) is 13.1. The Balaban J connectivity index is 1.77. The van der Waals surface area contributed by atoms with Crippen LogP contribution in [-0.4, -0.2) is 24.2 Å². The Morgan fingerprint density at radius 3 is 3.05 bits per heavy atom. The molecule has 1 saturated heterocycles. The average molecular weight is 342 g/mol. The van der Waals surface area contributed by atoms with Crippen LogP contribution in [0.25, 0.3) is 0 Å². The maximum atomic E-state index is 5.87. The van der Waals surface area contributed by atoms with Crippen molar-refractivity contribution in [2.45, 2.75) is 37.8 Å². The summed E-state index contributed by atoms with van der Waals surface area (Å²) < 4.78 is 6.97. The molecule has 2 unspecified atom stereocenters. The number of fused-ring (bicyclic) bond motifs is 1. The molecule has 0 amide bonds. The van der Waals surface area contributed by atoms with E-state index in [0.29, 0.717) is 12.1 Å². The molecule has 1 fully saturated rings. The number of thioether (sulfide) groups is 1. The van der Waals surface area contributed by atoms with Gasteiger partial charge in [0.15, 0.2) is 0 Å². The van der Waals surface area contributed by atoms with Crippen LogP contribution >= 0.6 is 27.7 Å². The topological polar surface area (TPSA) is 21.3 Å². The van der Waals surface area contributed by atoms with Gasteiger partial charge in [-0.05, 0) is 43.6 Å². The van der Waals surface area contributed by atoms with Crippen molar-refractivity contribution < 1.29 is 4.74 Å². The van der Waals surface area contributed by atoms with E-state index in [-0.39, 0.29) is 0 Å². The Morgan fingerprint density at radius 2 is 2.21 bits per heavy atom. The van der Waals surface area contributed by atoms with Crippen molar-refractivity contribution in [3.05, 3.63) is 28.2 Å². The fourth-order valence-corrected chi connectivity index (χ4v) is 4.30. The molecule has 104 valence electrons. The molecule has 1 aromatic rings. The molecule has 0 saturated carbocycles. The predicted octanol–water partition coefficient (Wildman–Crippen LogP) is 4.15. The maximum absolute atomic E-state index is 5.87.